The summed E-state index contributed by atoms with van der Waals surface area (Å²) in [5.74, 6) is 1.12. The fourth-order valence-corrected chi connectivity index (χ4v) is 4.00. The van der Waals surface area contributed by atoms with Crippen molar-refractivity contribution in [3.8, 4) is 5.75 Å². The van der Waals surface area contributed by atoms with Crippen LogP contribution >= 0.6 is 0 Å². The first-order valence-electron chi connectivity index (χ1n) is 10.3. The first-order chi connectivity index (χ1) is 15.0. The van der Waals surface area contributed by atoms with E-state index in [4.69, 9.17) is 4.99 Å². The molecule has 158 valence electrons. The standard InChI is InChI=1S/C25H27N5O/c1-5-26-24-16(2)25(28-15-27-24)29-17(3)21-14-19-10-9-13-22(31)23(19)18(4)30(21)20-11-7-6-8-12-20/h5-17,24,26,31H,1,4H2,2-3H3,(H,27,28,29). The molecule has 3 unspecified atom stereocenters. The summed E-state index contributed by atoms with van der Waals surface area (Å²) in [6.07, 6.45) is 5.29. The third-order valence-electron chi connectivity index (χ3n) is 5.61. The van der Waals surface area contributed by atoms with Gasteiger partial charge in [0.25, 0.3) is 0 Å². The van der Waals surface area contributed by atoms with E-state index in [2.05, 4.69) is 53.6 Å². The molecular formula is C25H27N5O. The highest BCUT2D eigenvalue weighted by Crippen LogP contribution is 2.41. The molecule has 2 aliphatic heterocycles. The zero-order valence-electron chi connectivity index (χ0n) is 17.8. The summed E-state index contributed by atoms with van der Waals surface area (Å²) >= 11 is 0. The van der Waals surface area contributed by atoms with E-state index < -0.39 is 0 Å². The normalized spacial score (nSPS) is 22.4. The molecule has 2 aromatic rings. The SMILES string of the molecule is C=CNC1N=CNC(=NC(C)C2=Cc3cccc(O)c3C(=C)N2c2ccccc2)C1C. The molecule has 0 aliphatic carbocycles. The number of rotatable bonds is 5. The van der Waals surface area contributed by atoms with Crippen molar-refractivity contribution in [1.29, 1.82) is 0 Å². The van der Waals surface area contributed by atoms with Crippen molar-refractivity contribution in [1.82, 2.24) is 10.6 Å². The monoisotopic (exact) mass is 413 g/mol. The highest BCUT2D eigenvalue weighted by atomic mass is 16.3. The Kier molecular flexibility index (Phi) is 5.62. The molecule has 2 aromatic carbocycles. The van der Waals surface area contributed by atoms with Gasteiger partial charge < -0.3 is 20.6 Å². The molecule has 4 rings (SSSR count). The van der Waals surface area contributed by atoms with Gasteiger partial charge in [-0.25, -0.2) is 0 Å². The minimum atomic E-state index is -0.173. The van der Waals surface area contributed by atoms with Gasteiger partial charge in [-0.05, 0) is 43.0 Å². The van der Waals surface area contributed by atoms with Gasteiger partial charge in [-0.3, -0.25) is 9.98 Å². The van der Waals surface area contributed by atoms with Gasteiger partial charge in [0.05, 0.1) is 24.0 Å². The van der Waals surface area contributed by atoms with Crippen molar-refractivity contribution in [3.63, 3.8) is 0 Å². The van der Waals surface area contributed by atoms with E-state index in [0.29, 0.717) is 0 Å². The summed E-state index contributed by atoms with van der Waals surface area (Å²) in [6.45, 7) is 12.2. The molecule has 6 nitrogen and oxygen atoms in total. The van der Waals surface area contributed by atoms with Crippen LogP contribution in [0.3, 0.4) is 0 Å². The average molecular weight is 414 g/mol. The van der Waals surface area contributed by atoms with E-state index in [0.717, 1.165) is 34.0 Å². The molecule has 0 radical (unpaired) electrons. The quantitative estimate of drug-likeness (QED) is 0.682. The van der Waals surface area contributed by atoms with E-state index >= 15 is 0 Å². The average Bonchev–Trinajstić information content (AvgIpc) is 2.77. The van der Waals surface area contributed by atoms with Crippen LogP contribution in [0.5, 0.6) is 5.75 Å². The molecule has 31 heavy (non-hydrogen) atoms. The fraction of sp³-hybridized carbons (Fsp3) is 0.200. The van der Waals surface area contributed by atoms with Crippen LogP contribution in [0.1, 0.15) is 25.0 Å². The zero-order valence-corrected chi connectivity index (χ0v) is 17.8. The van der Waals surface area contributed by atoms with Gasteiger partial charge in [-0.15, -0.1) is 0 Å². The maximum absolute atomic E-state index is 10.5. The lowest BCUT2D eigenvalue weighted by Gasteiger charge is -2.36. The number of aliphatic imine (C=N–C) groups is 2. The smallest absolute Gasteiger partial charge is 0.129 e. The Labute approximate surface area is 183 Å². The van der Waals surface area contributed by atoms with Gasteiger partial charge in [0.15, 0.2) is 0 Å². The number of phenolic OH excluding ortho intramolecular Hbond substituents is 1. The summed E-state index contributed by atoms with van der Waals surface area (Å²) in [5, 5.41) is 16.9. The van der Waals surface area contributed by atoms with Gasteiger partial charge >= 0.3 is 0 Å². The Morgan fingerprint density at radius 1 is 1.23 bits per heavy atom. The second-order valence-electron chi connectivity index (χ2n) is 7.65. The van der Waals surface area contributed by atoms with Gasteiger partial charge in [0.1, 0.15) is 17.8 Å². The van der Waals surface area contributed by atoms with Crippen LogP contribution in [0.15, 0.2) is 83.6 Å². The number of nitrogens with one attached hydrogen (secondary N) is 2. The van der Waals surface area contributed by atoms with Gasteiger partial charge in [-0.2, -0.15) is 0 Å². The van der Waals surface area contributed by atoms with Crippen LogP contribution in [0.25, 0.3) is 11.8 Å². The minimum Gasteiger partial charge on any atom is -0.507 e. The van der Waals surface area contributed by atoms with E-state index in [9.17, 15) is 5.11 Å². The van der Waals surface area contributed by atoms with Crippen LogP contribution in [0, 0.1) is 5.92 Å². The summed E-state index contributed by atoms with van der Waals surface area (Å²) in [5.41, 5.74) is 4.34. The molecule has 0 amide bonds. The Morgan fingerprint density at radius 3 is 2.74 bits per heavy atom. The summed E-state index contributed by atoms with van der Waals surface area (Å²) in [4.78, 5) is 11.5. The molecule has 0 aromatic heterocycles. The molecule has 6 heteroatoms. The topological polar surface area (TPSA) is 72.2 Å². The van der Waals surface area contributed by atoms with Crippen molar-refractivity contribution >= 4 is 29.6 Å². The number of benzene rings is 2. The second-order valence-corrected chi connectivity index (χ2v) is 7.65. The van der Waals surface area contributed by atoms with Crippen molar-refractivity contribution < 1.29 is 5.11 Å². The minimum absolute atomic E-state index is 0.0550. The maximum atomic E-state index is 10.5. The lowest BCUT2D eigenvalue weighted by molar-refractivity contribution is 0.473. The number of fused-ring (bicyclic) bond motifs is 1. The van der Waals surface area contributed by atoms with Crippen molar-refractivity contribution in [3.05, 3.63) is 84.7 Å². The van der Waals surface area contributed by atoms with Crippen LogP contribution in [0.2, 0.25) is 0 Å². The Morgan fingerprint density at radius 2 is 2.00 bits per heavy atom. The summed E-state index contributed by atoms with van der Waals surface area (Å²) < 4.78 is 0. The molecule has 3 atom stereocenters. The lowest BCUT2D eigenvalue weighted by Crippen LogP contribution is -2.45. The van der Waals surface area contributed by atoms with Crippen LogP contribution in [0.4, 0.5) is 5.69 Å². The summed E-state index contributed by atoms with van der Waals surface area (Å²) in [6, 6.07) is 15.4. The van der Waals surface area contributed by atoms with Gasteiger partial charge in [-0.1, -0.05) is 50.4 Å². The lowest BCUT2D eigenvalue weighted by atomic mass is 9.94. The molecule has 0 saturated carbocycles. The second kappa shape index (κ2) is 8.52. The van der Waals surface area contributed by atoms with Crippen molar-refractivity contribution in [2.75, 3.05) is 4.90 Å². The van der Waals surface area contributed by atoms with Crippen LogP contribution in [-0.4, -0.2) is 29.5 Å². The highest BCUT2D eigenvalue weighted by Gasteiger charge is 2.30. The van der Waals surface area contributed by atoms with Crippen molar-refractivity contribution in [2.24, 2.45) is 15.9 Å². The predicted molar refractivity (Wildman–Crippen MR) is 129 cm³/mol. The predicted octanol–water partition coefficient (Wildman–Crippen LogP) is 4.34. The maximum Gasteiger partial charge on any atom is 0.129 e. The Bertz CT molecular complexity index is 1090. The first kappa shape index (κ1) is 20.5. The number of nitrogens with zero attached hydrogens (tertiary/aromatic N) is 3. The Balaban J connectivity index is 1.77. The molecule has 2 heterocycles. The first-order valence-corrected chi connectivity index (χ1v) is 10.3. The number of amidine groups is 1. The molecule has 2 aliphatic rings. The van der Waals surface area contributed by atoms with E-state index in [1.165, 1.54) is 0 Å². The zero-order chi connectivity index (χ0) is 22.0. The molecule has 0 saturated heterocycles. The van der Waals surface area contributed by atoms with Crippen LogP contribution in [-0.2, 0) is 0 Å². The molecule has 0 spiro atoms. The molecule has 0 fully saturated rings. The molecule has 3 N–H and O–H groups in total. The number of hydrogen-bond donors (Lipinski definition) is 3. The molecule has 0 bridgehead atoms. The van der Waals surface area contributed by atoms with E-state index in [1.54, 1.807) is 18.6 Å². The number of hydrogen-bond acceptors (Lipinski definition) is 5. The van der Waals surface area contributed by atoms with Gasteiger partial charge in [0, 0.05) is 16.9 Å². The third kappa shape index (κ3) is 3.84. The number of anilines is 1. The fourth-order valence-electron chi connectivity index (χ4n) is 4.00. The van der Waals surface area contributed by atoms with Gasteiger partial charge in [0.2, 0.25) is 0 Å². The third-order valence-corrected chi connectivity index (χ3v) is 5.61. The van der Waals surface area contributed by atoms with Crippen LogP contribution < -0.4 is 15.5 Å². The molecular weight excluding hydrogens is 386 g/mol. The van der Waals surface area contributed by atoms with E-state index in [1.807, 2.05) is 42.5 Å². The highest BCUT2D eigenvalue weighted by molar-refractivity contribution is 5.97. The van der Waals surface area contributed by atoms with E-state index in [-0.39, 0.29) is 23.9 Å². The largest absolute Gasteiger partial charge is 0.507 e. The number of para-hydroxylation sites is 1. The Hall–Kier alpha value is -3.80. The number of phenols is 1. The number of aromatic hydroxyl groups is 1. The summed E-state index contributed by atoms with van der Waals surface area (Å²) in [7, 11) is 0. The van der Waals surface area contributed by atoms with Crippen molar-refractivity contribution in [2.45, 2.75) is 26.1 Å².